The Morgan fingerprint density at radius 3 is 2.27 bits per heavy atom. The van der Waals surface area contributed by atoms with Crippen molar-refractivity contribution in [3.05, 3.63) is 79.1 Å². The molecule has 2 aromatic carbocycles. The van der Waals surface area contributed by atoms with Gasteiger partial charge in [0, 0.05) is 28.5 Å². The third-order valence-corrected chi connectivity index (χ3v) is 6.52. The van der Waals surface area contributed by atoms with Gasteiger partial charge in [0.05, 0.1) is 4.90 Å². The summed E-state index contributed by atoms with van der Waals surface area (Å²) >= 11 is 1.24. The third kappa shape index (κ3) is 3.96. The largest absolute Gasteiger partial charge is 0.341 e. The van der Waals surface area contributed by atoms with Gasteiger partial charge in [0.1, 0.15) is 0 Å². The molecule has 0 aliphatic heterocycles. The number of hydrogen-bond donors (Lipinski definition) is 0. The van der Waals surface area contributed by atoms with Gasteiger partial charge in [0.15, 0.2) is 5.82 Å². The highest BCUT2D eigenvalue weighted by Gasteiger charge is 2.26. The van der Waals surface area contributed by atoms with E-state index in [1.807, 2.05) is 41.0 Å². The standard InChI is InChI=1S/C20H14F2N4O2S2/c21-19(22)30(27,28)17-10-8-16(9-11-17)29-20-25-24-18(14-5-4-12-23-13-14)26(20)15-6-2-1-3-7-15/h1-13,19H. The number of pyridine rings is 1. The molecular formula is C20H14F2N4O2S2. The number of sulfone groups is 1. The molecule has 152 valence electrons. The molecule has 2 aromatic heterocycles. The first-order valence-electron chi connectivity index (χ1n) is 8.68. The first-order valence-corrected chi connectivity index (χ1v) is 11.0. The second-order valence-electron chi connectivity index (χ2n) is 6.10. The molecule has 0 spiro atoms. The minimum absolute atomic E-state index is 0.428. The van der Waals surface area contributed by atoms with E-state index in [1.54, 1.807) is 18.5 Å². The van der Waals surface area contributed by atoms with Gasteiger partial charge in [-0.25, -0.2) is 8.42 Å². The number of hydrogen-bond acceptors (Lipinski definition) is 6. The maximum atomic E-state index is 12.7. The fraction of sp³-hybridized carbons (Fsp3) is 0.0500. The molecule has 4 rings (SSSR count). The minimum atomic E-state index is -4.63. The lowest BCUT2D eigenvalue weighted by Crippen LogP contribution is -2.11. The quantitative estimate of drug-likeness (QED) is 0.437. The van der Waals surface area contributed by atoms with Crippen LogP contribution in [0.2, 0.25) is 0 Å². The van der Waals surface area contributed by atoms with E-state index in [-0.39, 0.29) is 0 Å². The number of alkyl halides is 2. The Hall–Kier alpha value is -3.11. The van der Waals surface area contributed by atoms with E-state index in [0.29, 0.717) is 15.9 Å². The maximum absolute atomic E-state index is 12.7. The van der Waals surface area contributed by atoms with Gasteiger partial charge in [-0.05, 0) is 60.3 Å². The van der Waals surface area contributed by atoms with Crippen LogP contribution in [0, 0.1) is 0 Å². The molecular weight excluding hydrogens is 430 g/mol. The van der Waals surface area contributed by atoms with Crippen LogP contribution in [0.15, 0.2) is 94.1 Å². The van der Waals surface area contributed by atoms with E-state index >= 15 is 0 Å². The highest BCUT2D eigenvalue weighted by molar-refractivity contribution is 7.99. The molecule has 0 bridgehead atoms. The highest BCUT2D eigenvalue weighted by atomic mass is 32.2. The molecule has 0 aliphatic carbocycles. The molecule has 0 saturated heterocycles. The zero-order valence-corrected chi connectivity index (χ0v) is 16.9. The van der Waals surface area contributed by atoms with E-state index in [0.717, 1.165) is 23.4 Å². The Morgan fingerprint density at radius 1 is 0.900 bits per heavy atom. The lowest BCUT2D eigenvalue weighted by molar-refractivity contribution is 0.234. The van der Waals surface area contributed by atoms with Gasteiger partial charge in [-0.2, -0.15) is 8.78 Å². The molecule has 0 fully saturated rings. The average Bonchev–Trinajstić information content (AvgIpc) is 3.19. The Bertz CT molecular complexity index is 1250. The van der Waals surface area contributed by atoms with Crippen LogP contribution in [0.4, 0.5) is 8.78 Å². The topological polar surface area (TPSA) is 77.7 Å². The summed E-state index contributed by atoms with van der Waals surface area (Å²) < 4.78 is 50.5. The number of aromatic nitrogens is 4. The molecule has 6 nitrogen and oxygen atoms in total. The summed E-state index contributed by atoms with van der Waals surface area (Å²) in [4.78, 5) is 4.33. The molecule has 2 heterocycles. The number of halogens is 2. The molecule has 0 radical (unpaired) electrons. The molecule has 0 aliphatic rings. The van der Waals surface area contributed by atoms with Crippen molar-refractivity contribution in [3.63, 3.8) is 0 Å². The smallest absolute Gasteiger partial charge is 0.270 e. The number of para-hydroxylation sites is 1. The summed E-state index contributed by atoms with van der Waals surface area (Å²) in [5.74, 6) is -2.87. The second kappa shape index (κ2) is 8.33. The summed E-state index contributed by atoms with van der Waals surface area (Å²) in [6.07, 6.45) is 3.35. The van der Waals surface area contributed by atoms with Crippen LogP contribution in [-0.2, 0) is 9.84 Å². The monoisotopic (exact) mass is 444 g/mol. The molecule has 4 aromatic rings. The van der Waals surface area contributed by atoms with Gasteiger partial charge in [-0.15, -0.1) is 10.2 Å². The Kier molecular flexibility index (Phi) is 5.60. The molecule has 0 atom stereocenters. The Morgan fingerprint density at radius 2 is 1.63 bits per heavy atom. The molecule has 10 heteroatoms. The SMILES string of the molecule is O=S(=O)(c1ccc(Sc2nnc(-c3cccnc3)n2-c2ccccc2)cc1)C(F)F. The van der Waals surface area contributed by atoms with E-state index in [1.165, 1.54) is 23.9 Å². The van der Waals surface area contributed by atoms with Crippen LogP contribution in [0.1, 0.15) is 0 Å². The van der Waals surface area contributed by atoms with Crippen molar-refractivity contribution < 1.29 is 17.2 Å². The molecule has 30 heavy (non-hydrogen) atoms. The summed E-state index contributed by atoms with van der Waals surface area (Å²) in [6.45, 7) is 0. The average molecular weight is 444 g/mol. The summed E-state index contributed by atoms with van der Waals surface area (Å²) in [5, 5.41) is 9.10. The predicted octanol–water partition coefficient (Wildman–Crippen LogP) is 4.48. The summed E-state index contributed by atoms with van der Waals surface area (Å²) in [6, 6.07) is 18.4. The second-order valence-corrected chi connectivity index (χ2v) is 9.06. The lowest BCUT2D eigenvalue weighted by atomic mass is 10.2. The normalized spacial score (nSPS) is 11.7. The summed E-state index contributed by atoms with van der Waals surface area (Å²) in [5.41, 5.74) is 1.61. The van der Waals surface area contributed by atoms with Gasteiger partial charge in [-0.3, -0.25) is 9.55 Å². The van der Waals surface area contributed by atoms with Crippen molar-refractivity contribution in [2.75, 3.05) is 0 Å². The lowest BCUT2D eigenvalue weighted by Gasteiger charge is -2.10. The van der Waals surface area contributed by atoms with Crippen molar-refractivity contribution >= 4 is 21.6 Å². The minimum Gasteiger partial charge on any atom is -0.270 e. The fourth-order valence-corrected chi connectivity index (χ4v) is 4.30. The zero-order valence-electron chi connectivity index (χ0n) is 15.3. The van der Waals surface area contributed by atoms with Crippen LogP contribution in [0.25, 0.3) is 17.1 Å². The van der Waals surface area contributed by atoms with E-state index < -0.39 is 20.5 Å². The van der Waals surface area contributed by atoms with Crippen LogP contribution >= 0.6 is 11.8 Å². The van der Waals surface area contributed by atoms with Crippen LogP contribution in [-0.4, -0.2) is 33.9 Å². The van der Waals surface area contributed by atoms with Crippen molar-refractivity contribution in [2.24, 2.45) is 0 Å². The number of nitrogens with zero attached hydrogens (tertiary/aromatic N) is 4. The molecule has 0 N–H and O–H groups in total. The van der Waals surface area contributed by atoms with Crippen LogP contribution < -0.4 is 0 Å². The zero-order chi connectivity index (χ0) is 21.1. The molecule has 0 unspecified atom stereocenters. The van der Waals surface area contributed by atoms with Gasteiger partial charge in [0.2, 0.25) is 15.0 Å². The third-order valence-electron chi connectivity index (χ3n) is 4.16. The van der Waals surface area contributed by atoms with Crippen LogP contribution in [0.5, 0.6) is 0 Å². The Labute approximate surface area is 175 Å². The van der Waals surface area contributed by atoms with E-state index in [4.69, 9.17) is 0 Å². The van der Waals surface area contributed by atoms with Gasteiger partial charge >= 0.3 is 5.76 Å². The van der Waals surface area contributed by atoms with Gasteiger partial charge < -0.3 is 0 Å². The summed E-state index contributed by atoms with van der Waals surface area (Å²) in [7, 11) is -4.63. The number of rotatable bonds is 6. The van der Waals surface area contributed by atoms with Gasteiger partial charge in [0.25, 0.3) is 0 Å². The Balaban J connectivity index is 1.73. The van der Waals surface area contributed by atoms with Crippen LogP contribution in [0.3, 0.4) is 0 Å². The number of benzene rings is 2. The predicted molar refractivity (Wildman–Crippen MR) is 108 cm³/mol. The van der Waals surface area contributed by atoms with Crippen molar-refractivity contribution in [1.29, 1.82) is 0 Å². The molecule has 0 saturated carbocycles. The fourth-order valence-electron chi connectivity index (χ4n) is 2.73. The van der Waals surface area contributed by atoms with E-state index in [9.17, 15) is 17.2 Å². The first kappa shape index (κ1) is 20.2. The van der Waals surface area contributed by atoms with Crippen molar-refractivity contribution in [3.8, 4) is 17.1 Å². The van der Waals surface area contributed by atoms with Crippen molar-refractivity contribution in [1.82, 2.24) is 19.7 Å². The molecule has 0 amide bonds. The maximum Gasteiger partial charge on any atom is 0.341 e. The highest BCUT2D eigenvalue weighted by Crippen LogP contribution is 2.33. The van der Waals surface area contributed by atoms with Crippen molar-refractivity contribution in [2.45, 2.75) is 20.7 Å². The first-order chi connectivity index (χ1) is 14.5. The van der Waals surface area contributed by atoms with E-state index in [2.05, 4.69) is 15.2 Å². The van der Waals surface area contributed by atoms with Gasteiger partial charge in [-0.1, -0.05) is 18.2 Å².